The van der Waals surface area contributed by atoms with Crippen molar-refractivity contribution < 1.29 is 13.6 Å². The van der Waals surface area contributed by atoms with Gasteiger partial charge in [-0.15, -0.1) is 6.58 Å². The normalized spacial score (nSPS) is 19.3. The molecule has 3 aromatic rings. The second kappa shape index (κ2) is 8.95. The summed E-state index contributed by atoms with van der Waals surface area (Å²) in [5, 5.41) is 3.17. The Kier molecular flexibility index (Phi) is 6.08. The fourth-order valence-electron chi connectivity index (χ4n) is 4.40. The highest BCUT2D eigenvalue weighted by molar-refractivity contribution is 5.77. The highest BCUT2D eigenvalue weighted by Gasteiger charge is 2.40. The zero-order valence-corrected chi connectivity index (χ0v) is 18.0. The number of carbonyl (C=O) groups is 1. The average molecular weight is 433 g/mol. The van der Waals surface area contributed by atoms with Crippen molar-refractivity contribution in [3.63, 3.8) is 0 Å². The molecule has 1 fully saturated rings. The van der Waals surface area contributed by atoms with Gasteiger partial charge in [0.2, 0.25) is 0 Å². The summed E-state index contributed by atoms with van der Waals surface area (Å²) < 4.78 is 26.6. The van der Waals surface area contributed by atoms with Gasteiger partial charge in [0.25, 0.3) is 0 Å². The number of nitrogens with zero attached hydrogens (tertiary/aromatic N) is 1. The second-order valence-electron chi connectivity index (χ2n) is 8.26. The van der Waals surface area contributed by atoms with Crippen LogP contribution in [0.4, 0.5) is 13.6 Å². The molecule has 164 valence electrons. The molecular weight excluding hydrogens is 406 g/mol. The summed E-state index contributed by atoms with van der Waals surface area (Å²) in [6, 6.07) is 20.4. The SMILES string of the molecule is C=CCC1(c2ccc(F)cc2)CCN([C@@H](C)c2ccc(-c3ccc(F)cc3)cc2)C(=O)N1. The summed E-state index contributed by atoms with van der Waals surface area (Å²) in [4.78, 5) is 14.9. The molecule has 2 amide bonds. The zero-order valence-electron chi connectivity index (χ0n) is 18.0. The smallest absolute Gasteiger partial charge is 0.318 e. The van der Waals surface area contributed by atoms with Crippen LogP contribution in [0, 0.1) is 11.6 Å². The van der Waals surface area contributed by atoms with Crippen LogP contribution >= 0.6 is 0 Å². The summed E-state index contributed by atoms with van der Waals surface area (Å²) in [6.07, 6.45) is 3.05. The average Bonchev–Trinajstić information content (AvgIpc) is 2.80. The van der Waals surface area contributed by atoms with Gasteiger partial charge in [0.1, 0.15) is 11.6 Å². The lowest BCUT2D eigenvalue weighted by atomic mass is 9.81. The minimum absolute atomic E-state index is 0.118. The molecule has 1 aliphatic rings. The van der Waals surface area contributed by atoms with E-state index in [2.05, 4.69) is 11.9 Å². The Morgan fingerprint density at radius 3 is 2.03 bits per heavy atom. The van der Waals surface area contributed by atoms with Gasteiger partial charge in [-0.25, -0.2) is 13.6 Å². The third-order valence-corrected chi connectivity index (χ3v) is 6.31. The maximum atomic E-state index is 13.4. The van der Waals surface area contributed by atoms with E-state index < -0.39 is 5.54 Å². The Morgan fingerprint density at radius 1 is 0.969 bits per heavy atom. The molecule has 32 heavy (non-hydrogen) atoms. The molecule has 1 N–H and O–H groups in total. The van der Waals surface area contributed by atoms with E-state index in [1.807, 2.05) is 36.1 Å². The third-order valence-electron chi connectivity index (χ3n) is 6.31. The van der Waals surface area contributed by atoms with Crippen molar-refractivity contribution in [2.45, 2.75) is 31.3 Å². The summed E-state index contributed by atoms with van der Waals surface area (Å²) in [5.74, 6) is -0.563. The predicted molar refractivity (Wildman–Crippen MR) is 123 cm³/mol. The number of hydrogen-bond donors (Lipinski definition) is 1. The standard InChI is InChI=1S/C27H26F2N2O/c1-3-16-27(23-10-14-25(29)15-11-23)17-18-31(26(32)30-27)19(2)20-4-6-21(7-5-20)22-8-12-24(28)13-9-22/h3-15,19H,1,16-18H2,2H3,(H,30,32)/t19-,27?/m0/s1. The number of urea groups is 1. The van der Waals surface area contributed by atoms with Crippen LogP contribution in [-0.4, -0.2) is 17.5 Å². The summed E-state index contributed by atoms with van der Waals surface area (Å²) >= 11 is 0. The van der Waals surface area contributed by atoms with Crippen LogP contribution in [0.5, 0.6) is 0 Å². The van der Waals surface area contributed by atoms with Crippen LogP contribution in [0.1, 0.15) is 36.9 Å². The molecule has 3 aromatic carbocycles. The highest BCUT2D eigenvalue weighted by Crippen LogP contribution is 2.35. The molecule has 1 unspecified atom stereocenters. The van der Waals surface area contributed by atoms with Crippen molar-refractivity contribution in [3.05, 3.63) is 108 Å². The van der Waals surface area contributed by atoms with Crippen LogP contribution in [0.3, 0.4) is 0 Å². The number of hydrogen-bond acceptors (Lipinski definition) is 1. The van der Waals surface area contributed by atoms with E-state index in [1.165, 1.54) is 24.3 Å². The Bertz CT molecular complexity index is 1090. The monoisotopic (exact) mass is 432 g/mol. The van der Waals surface area contributed by atoms with Gasteiger partial charge in [0, 0.05) is 6.54 Å². The summed E-state index contributed by atoms with van der Waals surface area (Å²) in [7, 11) is 0. The molecule has 1 saturated heterocycles. The molecule has 5 heteroatoms. The summed E-state index contributed by atoms with van der Waals surface area (Å²) in [5.41, 5.74) is 3.24. The molecule has 0 bridgehead atoms. The van der Waals surface area contributed by atoms with E-state index in [0.717, 1.165) is 22.3 Å². The zero-order chi connectivity index (χ0) is 22.7. The Labute approximate surface area is 187 Å². The van der Waals surface area contributed by atoms with Crippen LogP contribution < -0.4 is 5.32 Å². The molecule has 0 saturated carbocycles. The lowest BCUT2D eigenvalue weighted by Gasteiger charge is -2.44. The summed E-state index contributed by atoms with van der Waals surface area (Å²) in [6.45, 7) is 6.42. The first kappa shape index (κ1) is 21.8. The third kappa shape index (κ3) is 4.28. The van der Waals surface area contributed by atoms with E-state index in [4.69, 9.17) is 0 Å². The fourth-order valence-corrected chi connectivity index (χ4v) is 4.40. The van der Waals surface area contributed by atoms with Gasteiger partial charge in [0.05, 0.1) is 11.6 Å². The van der Waals surface area contributed by atoms with Crippen molar-refractivity contribution in [3.8, 4) is 11.1 Å². The number of halogens is 2. The Balaban J connectivity index is 1.51. The van der Waals surface area contributed by atoms with E-state index in [-0.39, 0.29) is 23.7 Å². The Hall–Kier alpha value is -3.47. The number of nitrogens with one attached hydrogen (secondary N) is 1. The molecule has 0 radical (unpaired) electrons. The first-order chi connectivity index (χ1) is 15.4. The van der Waals surface area contributed by atoms with Crippen LogP contribution in [0.25, 0.3) is 11.1 Å². The van der Waals surface area contributed by atoms with Gasteiger partial charge in [0.15, 0.2) is 0 Å². The van der Waals surface area contributed by atoms with Crippen molar-refractivity contribution in [2.75, 3.05) is 6.54 Å². The first-order valence-corrected chi connectivity index (χ1v) is 10.7. The quantitative estimate of drug-likeness (QED) is 0.439. The van der Waals surface area contributed by atoms with Crippen LogP contribution in [-0.2, 0) is 5.54 Å². The van der Waals surface area contributed by atoms with Gasteiger partial charge < -0.3 is 10.2 Å². The maximum absolute atomic E-state index is 13.4. The van der Waals surface area contributed by atoms with Crippen molar-refractivity contribution in [1.29, 1.82) is 0 Å². The van der Waals surface area contributed by atoms with E-state index in [9.17, 15) is 13.6 Å². The molecule has 2 atom stereocenters. The van der Waals surface area contributed by atoms with Crippen LogP contribution in [0.15, 0.2) is 85.5 Å². The van der Waals surface area contributed by atoms with E-state index in [0.29, 0.717) is 19.4 Å². The number of benzene rings is 3. The number of amides is 2. The lowest BCUT2D eigenvalue weighted by Crippen LogP contribution is -2.58. The van der Waals surface area contributed by atoms with E-state index >= 15 is 0 Å². The van der Waals surface area contributed by atoms with Gasteiger partial charge in [-0.3, -0.25) is 0 Å². The van der Waals surface area contributed by atoms with Gasteiger partial charge >= 0.3 is 6.03 Å². The van der Waals surface area contributed by atoms with E-state index in [1.54, 1.807) is 30.3 Å². The van der Waals surface area contributed by atoms with Crippen LogP contribution in [0.2, 0.25) is 0 Å². The lowest BCUT2D eigenvalue weighted by molar-refractivity contribution is 0.126. The number of carbonyl (C=O) groups excluding carboxylic acids is 1. The fraction of sp³-hybridized carbons (Fsp3) is 0.222. The highest BCUT2D eigenvalue weighted by atomic mass is 19.1. The topological polar surface area (TPSA) is 32.3 Å². The Morgan fingerprint density at radius 2 is 1.50 bits per heavy atom. The maximum Gasteiger partial charge on any atom is 0.318 e. The minimum atomic E-state index is -0.588. The molecule has 0 spiro atoms. The van der Waals surface area contributed by atoms with Crippen molar-refractivity contribution in [2.24, 2.45) is 0 Å². The predicted octanol–water partition coefficient (Wildman–Crippen LogP) is 6.58. The van der Waals surface area contributed by atoms with Gasteiger partial charge in [-0.05, 0) is 66.3 Å². The molecular formula is C27H26F2N2O. The molecule has 3 nitrogen and oxygen atoms in total. The second-order valence-corrected chi connectivity index (χ2v) is 8.26. The van der Waals surface area contributed by atoms with Gasteiger partial charge in [-0.2, -0.15) is 0 Å². The molecule has 0 aromatic heterocycles. The van der Waals surface area contributed by atoms with Gasteiger partial charge in [-0.1, -0.05) is 54.6 Å². The largest absolute Gasteiger partial charge is 0.328 e. The molecule has 0 aliphatic carbocycles. The first-order valence-electron chi connectivity index (χ1n) is 10.7. The molecule has 1 aliphatic heterocycles. The minimum Gasteiger partial charge on any atom is -0.328 e. The number of rotatable bonds is 6. The van der Waals surface area contributed by atoms with Crippen molar-refractivity contribution >= 4 is 6.03 Å². The molecule has 4 rings (SSSR count). The molecule has 1 heterocycles. The van der Waals surface area contributed by atoms with Crippen molar-refractivity contribution in [1.82, 2.24) is 10.2 Å².